The molecule has 3 aromatic rings. The Morgan fingerprint density at radius 2 is 1.84 bits per heavy atom. The van der Waals surface area contributed by atoms with Crippen LogP contribution in [0.1, 0.15) is 27.1 Å². The first-order valence-electron chi connectivity index (χ1n) is 9.64. The van der Waals surface area contributed by atoms with Crippen molar-refractivity contribution >= 4 is 45.9 Å². The highest BCUT2D eigenvalue weighted by Crippen LogP contribution is 2.25. The van der Waals surface area contributed by atoms with E-state index in [0.29, 0.717) is 18.1 Å². The van der Waals surface area contributed by atoms with Gasteiger partial charge in [-0.2, -0.15) is 0 Å². The van der Waals surface area contributed by atoms with E-state index in [2.05, 4.69) is 15.6 Å². The number of fused-ring (bicyclic) bond motifs is 2. The Morgan fingerprint density at radius 3 is 2.68 bits per heavy atom. The lowest BCUT2D eigenvalue weighted by Gasteiger charge is -2.14. The molecule has 0 aliphatic carbocycles. The summed E-state index contributed by atoms with van der Waals surface area (Å²) in [7, 11) is 0. The predicted molar refractivity (Wildman–Crippen MR) is 115 cm³/mol. The Bertz CT molecular complexity index is 1200. The molecule has 0 saturated heterocycles. The second-order valence-corrected chi connectivity index (χ2v) is 7.43. The van der Waals surface area contributed by atoms with E-state index in [0.717, 1.165) is 33.6 Å². The molecular formula is C22H18ClFN4O3. The smallest absolute Gasteiger partial charge is 0.261 e. The molecule has 9 heteroatoms. The second-order valence-electron chi connectivity index (χ2n) is 7.00. The molecule has 1 aliphatic rings. The van der Waals surface area contributed by atoms with Crippen LogP contribution >= 0.6 is 11.6 Å². The molecule has 158 valence electrons. The summed E-state index contributed by atoms with van der Waals surface area (Å²) < 4.78 is 13.3. The molecule has 4 rings (SSSR count). The van der Waals surface area contributed by atoms with Gasteiger partial charge in [0.25, 0.3) is 11.8 Å². The van der Waals surface area contributed by atoms with E-state index >= 15 is 0 Å². The molecule has 2 heterocycles. The zero-order chi connectivity index (χ0) is 22.0. The zero-order valence-corrected chi connectivity index (χ0v) is 17.1. The lowest BCUT2D eigenvalue weighted by molar-refractivity contribution is -0.121. The van der Waals surface area contributed by atoms with Crippen molar-refractivity contribution in [3.8, 4) is 0 Å². The third-order valence-corrected chi connectivity index (χ3v) is 5.20. The normalized spacial score (nSPS) is 12.9. The molecule has 0 unspecified atom stereocenters. The van der Waals surface area contributed by atoms with Crippen LogP contribution in [0.25, 0.3) is 10.9 Å². The number of amides is 3. The van der Waals surface area contributed by atoms with Gasteiger partial charge in [-0.05, 0) is 42.5 Å². The summed E-state index contributed by atoms with van der Waals surface area (Å²) in [5.41, 5.74) is 1.82. The summed E-state index contributed by atoms with van der Waals surface area (Å²) in [4.78, 5) is 42.0. The van der Waals surface area contributed by atoms with Crippen LogP contribution in [0, 0.1) is 5.82 Å². The van der Waals surface area contributed by atoms with Gasteiger partial charge in [-0.1, -0.05) is 11.6 Å². The summed E-state index contributed by atoms with van der Waals surface area (Å²) in [6.45, 7) is 0.756. The second kappa shape index (κ2) is 8.69. The number of halogens is 2. The Labute approximate surface area is 182 Å². The average Bonchev–Trinajstić information content (AvgIpc) is 2.98. The minimum atomic E-state index is -0.586. The highest BCUT2D eigenvalue weighted by Gasteiger charge is 2.35. The topological polar surface area (TPSA) is 91.4 Å². The van der Waals surface area contributed by atoms with Crippen LogP contribution in [0.2, 0.25) is 5.02 Å². The fourth-order valence-corrected chi connectivity index (χ4v) is 3.61. The van der Waals surface area contributed by atoms with E-state index in [-0.39, 0.29) is 30.0 Å². The Hall–Kier alpha value is -3.52. The molecule has 0 saturated carbocycles. The standard InChI is InChI=1S/C22H18ClFN4O3/c23-13-1-3-16-18(5-7-25-19(16)11-13)26-8-9-27-20(29)6-10-28-21(30)15-4-2-14(24)12-17(15)22(28)31/h1-5,7,11-12H,6,8-10H2,(H,25,26)(H,27,29). The predicted octanol–water partition coefficient (Wildman–Crippen LogP) is 3.24. The van der Waals surface area contributed by atoms with Crippen molar-refractivity contribution in [2.75, 3.05) is 25.0 Å². The summed E-state index contributed by atoms with van der Waals surface area (Å²) in [5, 5.41) is 7.51. The SMILES string of the molecule is O=C(CCN1C(=O)c2ccc(F)cc2C1=O)NCCNc1ccnc2cc(Cl)ccc12. The van der Waals surface area contributed by atoms with Gasteiger partial charge in [0.2, 0.25) is 5.91 Å². The third kappa shape index (κ3) is 4.34. The largest absolute Gasteiger partial charge is 0.383 e. The van der Waals surface area contributed by atoms with Crippen molar-refractivity contribution in [1.29, 1.82) is 0 Å². The van der Waals surface area contributed by atoms with Crippen molar-refractivity contribution in [2.45, 2.75) is 6.42 Å². The van der Waals surface area contributed by atoms with Crippen LogP contribution in [0.3, 0.4) is 0 Å². The number of carbonyl (C=O) groups is 3. The number of benzene rings is 2. The molecule has 31 heavy (non-hydrogen) atoms. The summed E-state index contributed by atoms with van der Waals surface area (Å²) in [6, 6.07) is 10.7. The van der Waals surface area contributed by atoms with Gasteiger partial charge in [0.05, 0.1) is 16.6 Å². The number of nitrogens with one attached hydrogen (secondary N) is 2. The highest BCUT2D eigenvalue weighted by molar-refractivity contribution is 6.31. The fraction of sp³-hybridized carbons (Fsp3) is 0.182. The average molecular weight is 441 g/mol. The molecule has 0 spiro atoms. The molecule has 0 fully saturated rings. The van der Waals surface area contributed by atoms with Gasteiger partial charge in [-0.3, -0.25) is 24.3 Å². The monoisotopic (exact) mass is 440 g/mol. The van der Waals surface area contributed by atoms with Crippen LogP contribution < -0.4 is 10.6 Å². The van der Waals surface area contributed by atoms with E-state index in [9.17, 15) is 18.8 Å². The first kappa shape index (κ1) is 20.7. The maximum Gasteiger partial charge on any atom is 0.261 e. The summed E-state index contributed by atoms with van der Waals surface area (Å²) >= 11 is 5.99. The van der Waals surface area contributed by atoms with Crippen LogP contribution in [0.4, 0.5) is 10.1 Å². The number of rotatable bonds is 7. The number of aromatic nitrogens is 1. The van der Waals surface area contributed by atoms with Gasteiger partial charge in [-0.15, -0.1) is 0 Å². The zero-order valence-electron chi connectivity index (χ0n) is 16.3. The number of anilines is 1. The van der Waals surface area contributed by atoms with E-state index < -0.39 is 17.6 Å². The fourth-order valence-electron chi connectivity index (χ4n) is 3.44. The Kier molecular flexibility index (Phi) is 5.81. The van der Waals surface area contributed by atoms with Crippen molar-refractivity contribution in [2.24, 2.45) is 0 Å². The maximum absolute atomic E-state index is 13.3. The number of pyridine rings is 1. The molecule has 0 radical (unpaired) electrons. The number of imide groups is 1. The third-order valence-electron chi connectivity index (χ3n) is 4.96. The molecule has 0 atom stereocenters. The highest BCUT2D eigenvalue weighted by atomic mass is 35.5. The molecule has 7 nitrogen and oxygen atoms in total. The molecular weight excluding hydrogens is 423 g/mol. The lowest BCUT2D eigenvalue weighted by atomic mass is 10.1. The number of nitrogens with zero attached hydrogens (tertiary/aromatic N) is 2. The molecule has 3 amide bonds. The van der Waals surface area contributed by atoms with Gasteiger partial charge in [-0.25, -0.2) is 4.39 Å². The molecule has 0 bridgehead atoms. The maximum atomic E-state index is 13.3. The first-order valence-corrected chi connectivity index (χ1v) is 10.0. The van der Waals surface area contributed by atoms with Crippen LogP contribution in [-0.4, -0.2) is 47.2 Å². The minimum Gasteiger partial charge on any atom is -0.383 e. The lowest BCUT2D eigenvalue weighted by Crippen LogP contribution is -2.35. The van der Waals surface area contributed by atoms with Gasteiger partial charge in [0.1, 0.15) is 5.82 Å². The van der Waals surface area contributed by atoms with Gasteiger partial charge < -0.3 is 10.6 Å². The van der Waals surface area contributed by atoms with Crippen molar-refractivity contribution in [3.63, 3.8) is 0 Å². The van der Waals surface area contributed by atoms with Gasteiger partial charge in [0.15, 0.2) is 0 Å². The molecule has 2 aromatic carbocycles. The Morgan fingerprint density at radius 1 is 1.03 bits per heavy atom. The molecule has 1 aromatic heterocycles. The molecule has 1 aliphatic heterocycles. The van der Waals surface area contributed by atoms with E-state index in [1.54, 1.807) is 18.3 Å². The van der Waals surface area contributed by atoms with E-state index in [1.807, 2.05) is 12.1 Å². The van der Waals surface area contributed by atoms with E-state index in [1.165, 1.54) is 6.07 Å². The number of carbonyl (C=O) groups excluding carboxylic acids is 3. The Balaban J connectivity index is 1.25. The van der Waals surface area contributed by atoms with Gasteiger partial charge >= 0.3 is 0 Å². The van der Waals surface area contributed by atoms with Crippen LogP contribution in [0.5, 0.6) is 0 Å². The quantitative estimate of drug-likeness (QED) is 0.434. The minimum absolute atomic E-state index is 0.0282. The van der Waals surface area contributed by atoms with Crippen molar-refractivity contribution < 1.29 is 18.8 Å². The summed E-state index contributed by atoms with van der Waals surface area (Å²) in [6.07, 6.45) is 1.64. The number of hydrogen-bond acceptors (Lipinski definition) is 5. The van der Waals surface area contributed by atoms with Crippen molar-refractivity contribution in [3.05, 3.63) is 70.6 Å². The van der Waals surface area contributed by atoms with Crippen molar-refractivity contribution in [1.82, 2.24) is 15.2 Å². The first-order chi connectivity index (χ1) is 14.9. The summed E-state index contributed by atoms with van der Waals surface area (Å²) in [5.74, 6) is -1.98. The van der Waals surface area contributed by atoms with E-state index in [4.69, 9.17) is 11.6 Å². The van der Waals surface area contributed by atoms with Crippen LogP contribution in [0.15, 0.2) is 48.7 Å². The van der Waals surface area contributed by atoms with Crippen LogP contribution in [-0.2, 0) is 4.79 Å². The number of hydrogen-bond donors (Lipinski definition) is 2. The van der Waals surface area contributed by atoms with Gasteiger partial charge in [0, 0.05) is 48.3 Å². The molecule has 2 N–H and O–H groups in total.